The average Bonchev–Trinajstić information content (AvgIpc) is 2.99. The lowest BCUT2D eigenvalue weighted by atomic mass is 10.1. The van der Waals surface area contributed by atoms with Crippen molar-refractivity contribution in [3.63, 3.8) is 0 Å². The molecule has 0 aliphatic heterocycles. The van der Waals surface area contributed by atoms with Gasteiger partial charge in [-0.2, -0.15) is 0 Å². The van der Waals surface area contributed by atoms with Crippen LogP contribution >= 0.6 is 11.3 Å². The largest absolute Gasteiger partial charge is 0.303 e. The van der Waals surface area contributed by atoms with E-state index in [1.165, 1.54) is 4.88 Å². The minimum atomic E-state index is -0.0550. The maximum atomic E-state index is 13.6. The van der Waals surface area contributed by atoms with Crippen molar-refractivity contribution < 1.29 is 4.39 Å². The Labute approximate surface area is 111 Å². The van der Waals surface area contributed by atoms with Crippen molar-refractivity contribution in [2.24, 2.45) is 0 Å². The van der Waals surface area contributed by atoms with Gasteiger partial charge in [-0.25, -0.2) is 4.39 Å². The van der Waals surface area contributed by atoms with Gasteiger partial charge in [0.25, 0.3) is 0 Å². The first-order valence-corrected chi connectivity index (χ1v) is 7.20. The molecule has 0 saturated heterocycles. The maximum absolute atomic E-state index is 13.6. The normalized spacial score (nSPS) is 19.8. The van der Waals surface area contributed by atoms with Crippen molar-refractivity contribution in [1.82, 2.24) is 5.32 Å². The summed E-state index contributed by atoms with van der Waals surface area (Å²) >= 11 is 1.76. The molecule has 3 heteroatoms. The van der Waals surface area contributed by atoms with E-state index in [0.29, 0.717) is 6.04 Å². The van der Waals surface area contributed by atoms with Gasteiger partial charge in [-0.3, -0.25) is 0 Å². The Morgan fingerprint density at radius 3 is 3.00 bits per heavy atom. The van der Waals surface area contributed by atoms with Crippen LogP contribution < -0.4 is 5.32 Å². The number of hydrogen-bond donors (Lipinski definition) is 1. The molecule has 1 aliphatic carbocycles. The lowest BCUT2D eigenvalue weighted by Gasteiger charge is -2.19. The molecule has 1 aromatic heterocycles. The molecule has 0 saturated carbocycles. The van der Waals surface area contributed by atoms with E-state index in [-0.39, 0.29) is 11.9 Å². The predicted molar refractivity (Wildman–Crippen MR) is 73.3 cm³/mol. The van der Waals surface area contributed by atoms with Gasteiger partial charge in [-0.15, -0.1) is 11.3 Å². The molecule has 0 fully saturated rings. The highest BCUT2D eigenvalue weighted by molar-refractivity contribution is 7.10. The van der Waals surface area contributed by atoms with Crippen LogP contribution in [0, 0.1) is 5.82 Å². The molecule has 1 heterocycles. The van der Waals surface area contributed by atoms with Crippen LogP contribution in [-0.2, 0) is 6.42 Å². The summed E-state index contributed by atoms with van der Waals surface area (Å²) in [4.78, 5) is 1.33. The number of halogens is 1. The van der Waals surface area contributed by atoms with Gasteiger partial charge in [-0.1, -0.05) is 18.2 Å². The summed E-state index contributed by atoms with van der Waals surface area (Å²) in [6, 6.07) is 10.2. The van der Waals surface area contributed by atoms with E-state index < -0.39 is 0 Å². The van der Waals surface area contributed by atoms with E-state index in [2.05, 4.69) is 29.8 Å². The SMILES string of the molecule is CC(NC1CCc2c(F)cccc21)c1cccs1. The highest BCUT2D eigenvalue weighted by atomic mass is 32.1. The minimum Gasteiger partial charge on any atom is -0.303 e. The van der Waals surface area contributed by atoms with E-state index in [4.69, 9.17) is 0 Å². The van der Waals surface area contributed by atoms with Crippen molar-refractivity contribution >= 4 is 11.3 Å². The second kappa shape index (κ2) is 4.82. The molecule has 2 unspecified atom stereocenters. The third-order valence-corrected chi connectivity index (χ3v) is 4.69. The van der Waals surface area contributed by atoms with Gasteiger partial charge in [-0.05, 0) is 48.4 Å². The number of nitrogens with one attached hydrogen (secondary N) is 1. The molecule has 0 bridgehead atoms. The van der Waals surface area contributed by atoms with E-state index >= 15 is 0 Å². The highest BCUT2D eigenvalue weighted by Gasteiger charge is 2.26. The molecule has 1 aromatic carbocycles. The number of rotatable bonds is 3. The summed E-state index contributed by atoms with van der Waals surface area (Å²) in [5.74, 6) is -0.0550. The summed E-state index contributed by atoms with van der Waals surface area (Å²) in [5.41, 5.74) is 2.03. The van der Waals surface area contributed by atoms with Crippen molar-refractivity contribution in [3.8, 4) is 0 Å². The van der Waals surface area contributed by atoms with Crippen LogP contribution in [0.3, 0.4) is 0 Å². The first-order valence-electron chi connectivity index (χ1n) is 6.32. The van der Waals surface area contributed by atoms with Crippen LogP contribution in [0.15, 0.2) is 35.7 Å². The Kier molecular flexibility index (Phi) is 3.18. The summed E-state index contributed by atoms with van der Waals surface area (Å²) in [7, 11) is 0. The molecule has 3 rings (SSSR count). The Morgan fingerprint density at radius 2 is 2.22 bits per heavy atom. The summed E-state index contributed by atoms with van der Waals surface area (Å²) in [6.45, 7) is 2.17. The molecule has 0 radical (unpaired) electrons. The molecule has 94 valence electrons. The quantitative estimate of drug-likeness (QED) is 0.872. The smallest absolute Gasteiger partial charge is 0.126 e. The standard InChI is InChI=1S/C15H16FNS/c1-10(15-6-3-9-18-15)17-14-8-7-11-12(14)4-2-5-13(11)16/h2-6,9-10,14,17H,7-8H2,1H3. The van der Waals surface area contributed by atoms with Crippen molar-refractivity contribution in [2.75, 3.05) is 0 Å². The lowest BCUT2D eigenvalue weighted by Crippen LogP contribution is -2.22. The number of hydrogen-bond acceptors (Lipinski definition) is 2. The zero-order valence-electron chi connectivity index (χ0n) is 10.3. The zero-order chi connectivity index (χ0) is 12.5. The first-order chi connectivity index (χ1) is 8.75. The molecule has 1 N–H and O–H groups in total. The molecule has 2 atom stereocenters. The highest BCUT2D eigenvalue weighted by Crippen LogP contribution is 2.34. The monoisotopic (exact) mass is 261 g/mol. The van der Waals surface area contributed by atoms with Gasteiger partial charge in [0.15, 0.2) is 0 Å². The third kappa shape index (κ3) is 2.08. The average molecular weight is 261 g/mol. The van der Waals surface area contributed by atoms with Gasteiger partial charge in [0.05, 0.1) is 0 Å². The van der Waals surface area contributed by atoms with Crippen molar-refractivity contribution in [3.05, 3.63) is 57.5 Å². The Balaban J connectivity index is 1.79. The Hall–Kier alpha value is -1.19. The summed E-state index contributed by atoms with van der Waals surface area (Å²) in [6.07, 6.45) is 1.84. The van der Waals surface area contributed by atoms with Crippen LogP contribution in [0.25, 0.3) is 0 Å². The van der Waals surface area contributed by atoms with Crippen LogP contribution in [-0.4, -0.2) is 0 Å². The van der Waals surface area contributed by atoms with Crippen LogP contribution in [0.2, 0.25) is 0 Å². The van der Waals surface area contributed by atoms with Crippen LogP contribution in [0.1, 0.15) is 41.4 Å². The van der Waals surface area contributed by atoms with E-state index in [9.17, 15) is 4.39 Å². The van der Waals surface area contributed by atoms with Crippen molar-refractivity contribution in [1.29, 1.82) is 0 Å². The molecular formula is C15H16FNS. The number of benzene rings is 1. The fourth-order valence-corrected chi connectivity index (χ4v) is 3.45. The fourth-order valence-electron chi connectivity index (χ4n) is 2.70. The fraction of sp³-hybridized carbons (Fsp3) is 0.333. The van der Waals surface area contributed by atoms with Gasteiger partial charge >= 0.3 is 0 Å². The molecule has 1 nitrogen and oxygen atoms in total. The third-order valence-electron chi connectivity index (χ3n) is 3.63. The van der Waals surface area contributed by atoms with Gasteiger partial charge in [0.2, 0.25) is 0 Å². The van der Waals surface area contributed by atoms with E-state index in [1.807, 2.05) is 12.1 Å². The van der Waals surface area contributed by atoms with E-state index in [1.54, 1.807) is 17.4 Å². The molecule has 2 aromatic rings. The topological polar surface area (TPSA) is 12.0 Å². The number of thiophene rings is 1. The lowest BCUT2D eigenvalue weighted by molar-refractivity contribution is 0.469. The molecule has 18 heavy (non-hydrogen) atoms. The minimum absolute atomic E-state index is 0.0550. The van der Waals surface area contributed by atoms with Gasteiger partial charge < -0.3 is 5.32 Å². The van der Waals surface area contributed by atoms with Crippen LogP contribution in [0.4, 0.5) is 4.39 Å². The van der Waals surface area contributed by atoms with Gasteiger partial charge in [0, 0.05) is 17.0 Å². The molecule has 1 aliphatic rings. The maximum Gasteiger partial charge on any atom is 0.126 e. The summed E-state index contributed by atoms with van der Waals surface area (Å²) < 4.78 is 13.6. The summed E-state index contributed by atoms with van der Waals surface area (Å²) in [5, 5.41) is 5.70. The Morgan fingerprint density at radius 1 is 1.33 bits per heavy atom. The second-order valence-corrected chi connectivity index (χ2v) is 5.78. The van der Waals surface area contributed by atoms with Gasteiger partial charge in [0.1, 0.15) is 5.82 Å². The molecule has 0 amide bonds. The van der Waals surface area contributed by atoms with Crippen molar-refractivity contribution in [2.45, 2.75) is 31.8 Å². The molecule has 0 spiro atoms. The predicted octanol–water partition coefficient (Wildman–Crippen LogP) is 4.23. The Bertz CT molecular complexity index is 535. The second-order valence-electron chi connectivity index (χ2n) is 4.80. The zero-order valence-corrected chi connectivity index (χ0v) is 11.1. The first kappa shape index (κ1) is 11.9. The number of fused-ring (bicyclic) bond motifs is 1. The van der Waals surface area contributed by atoms with E-state index in [0.717, 1.165) is 24.0 Å². The van der Waals surface area contributed by atoms with Crippen LogP contribution in [0.5, 0.6) is 0 Å². The molecular weight excluding hydrogens is 245 g/mol.